The average molecular weight is 230 g/mol. The summed E-state index contributed by atoms with van der Waals surface area (Å²) in [4.78, 5) is 4.32. The van der Waals surface area contributed by atoms with Crippen LogP contribution in [0.5, 0.6) is 0 Å². The summed E-state index contributed by atoms with van der Waals surface area (Å²) in [5, 5.41) is 7.63. The van der Waals surface area contributed by atoms with Gasteiger partial charge < -0.3 is 5.32 Å². The molecular weight excluding hydrogens is 212 g/mol. The molecule has 0 bridgehead atoms. The predicted octanol–water partition coefficient (Wildman–Crippen LogP) is 2.16. The second-order valence-corrected chi connectivity index (χ2v) is 4.22. The molecule has 0 spiro atoms. The van der Waals surface area contributed by atoms with Crippen LogP contribution in [0.25, 0.3) is 5.69 Å². The number of nitrogens with one attached hydrogen (secondary N) is 1. The molecule has 1 N–H and O–H groups in total. The van der Waals surface area contributed by atoms with Crippen LogP contribution in [-0.4, -0.2) is 21.8 Å². The molecule has 4 nitrogen and oxygen atoms in total. The first kappa shape index (κ1) is 11.8. The van der Waals surface area contributed by atoms with Crippen LogP contribution in [-0.2, 0) is 0 Å². The van der Waals surface area contributed by atoms with Gasteiger partial charge in [-0.3, -0.25) is 0 Å². The molecule has 0 aliphatic carbocycles. The standard InChI is InChI=1S/C13H18N4/c1-9(14-4)12-6-5-7-13(8-12)17-11(3)15-10(2)16-17/h5-9,14H,1-4H3. The molecule has 4 heteroatoms. The first-order valence-corrected chi connectivity index (χ1v) is 5.79. The van der Waals surface area contributed by atoms with Crippen molar-refractivity contribution in [1.82, 2.24) is 20.1 Å². The number of nitrogens with zero attached hydrogens (tertiary/aromatic N) is 3. The predicted molar refractivity (Wildman–Crippen MR) is 68.3 cm³/mol. The van der Waals surface area contributed by atoms with Crippen LogP contribution in [0, 0.1) is 13.8 Å². The van der Waals surface area contributed by atoms with E-state index >= 15 is 0 Å². The molecule has 1 atom stereocenters. The fraction of sp³-hybridized carbons (Fsp3) is 0.385. The Kier molecular flexibility index (Phi) is 3.24. The second-order valence-electron chi connectivity index (χ2n) is 4.22. The average Bonchev–Trinajstić information content (AvgIpc) is 2.67. The maximum absolute atomic E-state index is 4.39. The highest BCUT2D eigenvalue weighted by Gasteiger charge is 2.07. The Morgan fingerprint density at radius 3 is 2.65 bits per heavy atom. The summed E-state index contributed by atoms with van der Waals surface area (Å²) in [5.41, 5.74) is 2.31. The van der Waals surface area contributed by atoms with Crippen molar-refractivity contribution in [3.8, 4) is 5.69 Å². The van der Waals surface area contributed by atoms with Gasteiger partial charge in [-0.25, -0.2) is 9.67 Å². The van der Waals surface area contributed by atoms with Crippen molar-refractivity contribution >= 4 is 0 Å². The van der Waals surface area contributed by atoms with Crippen LogP contribution in [0.1, 0.15) is 30.2 Å². The zero-order valence-electron chi connectivity index (χ0n) is 10.7. The van der Waals surface area contributed by atoms with Gasteiger partial charge >= 0.3 is 0 Å². The van der Waals surface area contributed by atoms with E-state index in [1.807, 2.05) is 31.6 Å². The molecule has 2 rings (SSSR count). The molecule has 1 aromatic heterocycles. The fourth-order valence-electron chi connectivity index (χ4n) is 1.86. The second kappa shape index (κ2) is 4.67. The number of benzene rings is 1. The van der Waals surface area contributed by atoms with E-state index < -0.39 is 0 Å². The maximum Gasteiger partial charge on any atom is 0.148 e. The number of hydrogen-bond donors (Lipinski definition) is 1. The Labute approximate surface area is 102 Å². The number of rotatable bonds is 3. The summed E-state index contributed by atoms with van der Waals surface area (Å²) in [7, 11) is 1.96. The van der Waals surface area contributed by atoms with Gasteiger partial charge in [-0.05, 0) is 45.5 Å². The van der Waals surface area contributed by atoms with Crippen molar-refractivity contribution < 1.29 is 0 Å². The Morgan fingerprint density at radius 1 is 1.29 bits per heavy atom. The van der Waals surface area contributed by atoms with Crippen LogP contribution in [0.3, 0.4) is 0 Å². The zero-order chi connectivity index (χ0) is 12.4. The van der Waals surface area contributed by atoms with Crippen molar-refractivity contribution in [2.75, 3.05) is 7.05 Å². The summed E-state index contributed by atoms with van der Waals surface area (Å²) >= 11 is 0. The molecule has 1 aromatic carbocycles. The van der Waals surface area contributed by atoms with Crippen molar-refractivity contribution in [2.45, 2.75) is 26.8 Å². The van der Waals surface area contributed by atoms with Crippen molar-refractivity contribution in [3.05, 3.63) is 41.5 Å². The van der Waals surface area contributed by atoms with E-state index in [0.717, 1.165) is 17.3 Å². The fourth-order valence-corrected chi connectivity index (χ4v) is 1.86. The lowest BCUT2D eigenvalue weighted by atomic mass is 10.1. The molecule has 0 aliphatic heterocycles. The van der Waals surface area contributed by atoms with Crippen molar-refractivity contribution in [1.29, 1.82) is 0 Å². The molecule has 17 heavy (non-hydrogen) atoms. The highest BCUT2D eigenvalue weighted by atomic mass is 15.3. The lowest BCUT2D eigenvalue weighted by Gasteiger charge is -2.12. The van der Waals surface area contributed by atoms with Crippen LogP contribution in [0.4, 0.5) is 0 Å². The SMILES string of the molecule is CNC(C)c1cccc(-n2nc(C)nc2C)c1. The van der Waals surface area contributed by atoms with Gasteiger partial charge in [-0.1, -0.05) is 12.1 Å². The maximum atomic E-state index is 4.39. The van der Waals surface area contributed by atoms with Gasteiger partial charge in [0.2, 0.25) is 0 Å². The van der Waals surface area contributed by atoms with Gasteiger partial charge in [0.05, 0.1) is 5.69 Å². The number of aryl methyl sites for hydroxylation is 2. The lowest BCUT2D eigenvalue weighted by Crippen LogP contribution is -2.12. The summed E-state index contributed by atoms with van der Waals surface area (Å²) in [6, 6.07) is 8.69. The van der Waals surface area contributed by atoms with E-state index in [1.165, 1.54) is 5.56 Å². The minimum absolute atomic E-state index is 0.333. The van der Waals surface area contributed by atoms with E-state index in [0.29, 0.717) is 6.04 Å². The highest BCUT2D eigenvalue weighted by Crippen LogP contribution is 2.17. The Balaban J connectivity index is 2.43. The van der Waals surface area contributed by atoms with Gasteiger partial charge in [0.25, 0.3) is 0 Å². The molecule has 0 aliphatic rings. The first-order valence-electron chi connectivity index (χ1n) is 5.79. The molecule has 0 radical (unpaired) electrons. The Morgan fingerprint density at radius 2 is 2.06 bits per heavy atom. The molecule has 1 heterocycles. The molecule has 1 unspecified atom stereocenters. The Hall–Kier alpha value is -1.68. The molecular formula is C13H18N4. The number of hydrogen-bond acceptors (Lipinski definition) is 3. The van der Waals surface area contributed by atoms with Crippen LogP contribution >= 0.6 is 0 Å². The summed E-state index contributed by atoms with van der Waals surface area (Å²) in [6.07, 6.45) is 0. The molecule has 2 aromatic rings. The molecule has 0 amide bonds. The monoisotopic (exact) mass is 230 g/mol. The third-order valence-electron chi connectivity index (χ3n) is 2.92. The van der Waals surface area contributed by atoms with E-state index in [1.54, 1.807) is 0 Å². The summed E-state index contributed by atoms with van der Waals surface area (Å²) in [5.74, 6) is 1.71. The lowest BCUT2D eigenvalue weighted by molar-refractivity contribution is 0.651. The van der Waals surface area contributed by atoms with Crippen LogP contribution < -0.4 is 5.32 Å². The number of aromatic nitrogens is 3. The van der Waals surface area contributed by atoms with Crippen LogP contribution in [0.2, 0.25) is 0 Å². The van der Waals surface area contributed by atoms with Crippen molar-refractivity contribution in [2.24, 2.45) is 0 Å². The minimum Gasteiger partial charge on any atom is -0.313 e. The van der Waals surface area contributed by atoms with E-state index in [4.69, 9.17) is 0 Å². The smallest absolute Gasteiger partial charge is 0.148 e. The third-order valence-corrected chi connectivity index (χ3v) is 2.92. The van der Waals surface area contributed by atoms with Gasteiger partial charge in [0.1, 0.15) is 11.6 Å². The molecule has 0 fully saturated rings. The normalized spacial score (nSPS) is 12.7. The highest BCUT2D eigenvalue weighted by molar-refractivity contribution is 5.37. The van der Waals surface area contributed by atoms with E-state index in [-0.39, 0.29) is 0 Å². The van der Waals surface area contributed by atoms with Crippen LogP contribution in [0.15, 0.2) is 24.3 Å². The summed E-state index contributed by atoms with van der Waals surface area (Å²) < 4.78 is 1.88. The molecule has 0 saturated carbocycles. The van der Waals surface area contributed by atoms with Gasteiger partial charge in [-0.2, -0.15) is 5.10 Å². The zero-order valence-corrected chi connectivity index (χ0v) is 10.7. The molecule has 0 saturated heterocycles. The first-order chi connectivity index (χ1) is 8.11. The summed E-state index contributed by atoms with van der Waals surface area (Å²) in [6.45, 7) is 6.01. The Bertz CT molecular complexity index is 516. The van der Waals surface area contributed by atoms with E-state index in [9.17, 15) is 0 Å². The third kappa shape index (κ3) is 2.36. The molecule has 90 valence electrons. The topological polar surface area (TPSA) is 42.7 Å². The minimum atomic E-state index is 0.333. The van der Waals surface area contributed by atoms with Gasteiger partial charge in [0.15, 0.2) is 0 Å². The van der Waals surface area contributed by atoms with Crippen molar-refractivity contribution in [3.63, 3.8) is 0 Å². The largest absolute Gasteiger partial charge is 0.313 e. The van der Waals surface area contributed by atoms with Gasteiger partial charge in [-0.15, -0.1) is 0 Å². The quantitative estimate of drug-likeness (QED) is 0.878. The van der Waals surface area contributed by atoms with Gasteiger partial charge in [0, 0.05) is 6.04 Å². The van der Waals surface area contributed by atoms with E-state index in [2.05, 4.69) is 40.5 Å².